The molecule has 0 saturated carbocycles. The van der Waals surface area contributed by atoms with E-state index >= 15 is 0 Å². The molecule has 3 nitrogen and oxygen atoms in total. The van der Waals surface area contributed by atoms with E-state index in [1.807, 2.05) is 0 Å². The highest BCUT2D eigenvalue weighted by atomic mass is 16.5. The highest BCUT2D eigenvalue weighted by Crippen LogP contribution is 2.23. The Morgan fingerprint density at radius 2 is 1.94 bits per heavy atom. The third kappa shape index (κ3) is 3.44. The molecule has 1 aliphatic rings. The van der Waals surface area contributed by atoms with Crippen molar-refractivity contribution in [3.63, 3.8) is 0 Å². The molecule has 0 bridgehead atoms. The number of hydrogen-bond donors (Lipinski definition) is 1. The monoisotopic (exact) mass is 228 g/mol. The average molecular weight is 228 g/mol. The number of likely N-dealkylation sites (N-methyl/N-ethyl adjacent to an activating group) is 1. The molecule has 0 aromatic rings. The van der Waals surface area contributed by atoms with Crippen LogP contribution in [-0.2, 0) is 4.74 Å². The summed E-state index contributed by atoms with van der Waals surface area (Å²) >= 11 is 0. The smallest absolute Gasteiger partial charge is 0.0469 e. The first-order valence-corrected chi connectivity index (χ1v) is 6.69. The Labute approximate surface area is 100 Å². The van der Waals surface area contributed by atoms with Crippen LogP contribution in [0.15, 0.2) is 0 Å². The van der Waals surface area contributed by atoms with E-state index in [0.29, 0.717) is 0 Å². The third-order valence-corrected chi connectivity index (χ3v) is 4.17. The first-order chi connectivity index (χ1) is 7.66. The minimum atomic E-state index is 0.174. The van der Waals surface area contributed by atoms with Crippen LogP contribution in [0, 0.1) is 5.92 Å². The van der Waals surface area contributed by atoms with E-state index < -0.39 is 0 Å². The Balaban J connectivity index is 2.52. The lowest BCUT2D eigenvalue weighted by atomic mass is 9.92. The number of hydrogen-bond acceptors (Lipinski definition) is 3. The molecule has 96 valence electrons. The van der Waals surface area contributed by atoms with Gasteiger partial charge in [-0.1, -0.05) is 13.8 Å². The predicted molar refractivity (Wildman–Crippen MR) is 68.5 cm³/mol. The maximum atomic E-state index is 5.93. The van der Waals surface area contributed by atoms with Crippen LogP contribution in [0.5, 0.6) is 0 Å². The van der Waals surface area contributed by atoms with E-state index in [1.54, 1.807) is 0 Å². The second kappa shape index (κ2) is 6.58. The lowest BCUT2D eigenvalue weighted by Crippen LogP contribution is -2.53. The fourth-order valence-corrected chi connectivity index (χ4v) is 2.47. The second-order valence-corrected chi connectivity index (χ2v) is 5.15. The van der Waals surface area contributed by atoms with Gasteiger partial charge in [0.1, 0.15) is 0 Å². The Hall–Kier alpha value is -0.120. The number of nitrogens with zero attached hydrogens (tertiary/aromatic N) is 1. The summed E-state index contributed by atoms with van der Waals surface area (Å²) in [5.41, 5.74) is 6.11. The Kier molecular flexibility index (Phi) is 5.73. The molecular formula is C13H28N2O. The summed E-state index contributed by atoms with van der Waals surface area (Å²) in [4.78, 5) is 2.56. The van der Waals surface area contributed by atoms with Crippen LogP contribution < -0.4 is 5.73 Å². The largest absolute Gasteiger partial charge is 0.381 e. The van der Waals surface area contributed by atoms with E-state index in [-0.39, 0.29) is 5.54 Å². The molecule has 16 heavy (non-hydrogen) atoms. The molecule has 1 aliphatic heterocycles. The molecule has 0 aromatic heterocycles. The fraction of sp³-hybridized carbons (Fsp3) is 1.00. The van der Waals surface area contributed by atoms with E-state index in [1.165, 1.54) is 19.4 Å². The summed E-state index contributed by atoms with van der Waals surface area (Å²) in [7, 11) is 0. The number of ether oxygens (including phenoxy) is 1. The number of nitrogens with two attached hydrogens (primary N) is 1. The van der Waals surface area contributed by atoms with Crippen LogP contribution in [0.3, 0.4) is 0 Å². The molecule has 1 unspecified atom stereocenters. The summed E-state index contributed by atoms with van der Waals surface area (Å²) in [5.74, 6) is 0.797. The predicted octanol–water partition coefficient (Wildman–Crippen LogP) is 1.86. The summed E-state index contributed by atoms with van der Waals surface area (Å²) in [6, 6.07) is 0. The molecule has 0 aromatic carbocycles. The molecule has 1 saturated heterocycles. The van der Waals surface area contributed by atoms with Gasteiger partial charge in [-0.15, -0.1) is 0 Å². The van der Waals surface area contributed by atoms with Gasteiger partial charge in [-0.2, -0.15) is 0 Å². The minimum Gasteiger partial charge on any atom is -0.381 e. The van der Waals surface area contributed by atoms with Crippen molar-refractivity contribution >= 4 is 0 Å². The van der Waals surface area contributed by atoms with Gasteiger partial charge in [0.2, 0.25) is 0 Å². The van der Waals surface area contributed by atoms with Crippen molar-refractivity contribution in [3.8, 4) is 0 Å². The van der Waals surface area contributed by atoms with Gasteiger partial charge in [0, 0.05) is 31.8 Å². The lowest BCUT2D eigenvalue weighted by Gasteiger charge is -2.42. The molecule has 0 aliphatic carbocycles. The zero-order chi connectivity index (χ0) is 12.0. The molecule has 1 fully saturated rings. The normalized spacial score (nSPS) is 22.3. The van der Waals surface area contributed by atoms with Crippen LogP contribution in [0.4, 0.5) is 0 Å². The number of rotatable bonds is 6. The van der Waals surface area contributed by atoms with Crippen LogP contribution >= 0.6 is 0 Å². The van der Waals surface area contributed by atoms with Crippen molar-refractivity contribution < 1.29 is 4.74 Å². The van der Waals surface area contributed by atoms with Crippen LogP contribution in [0.25, 0.3) is 0 Å². The van der Waals surface area contributed by atoms with Crippen molar-refractivity contribution in [1.29, 1.82) is 0 Å². The van der Waals surface area contributed by atoms with Crippen LogP contribution in [0.1, 0.15) is 40.0 Å². The Morgan fingerprint density at radius 1 is 1.31 bits per heavy atom. The zero-order valence-corrected chi connectivity index (χ0v) is 11.2. The molecule has 1 atom stereocenters. The van der Waals surface area contributed by atoms with Crippen molar-refractivity contribution in [2.24, 2.45) is 11.7 Å². The van der Waals surface area contributed by atoms with Gasteiger partial charge in [0.05, 0.1) is 0 Å². The standard InChI is InChI=1S/C13H28N2O/c1-4-13(3,11-14)15(5-2)10-12-6-8-16-9-7-12/h12H,4-11,14H2,1-3H3. The molecule has 1 heterocycles. The molecule has 3 heteroatoms. The molecule has 0 amide bonds. The fourth-order valence-electron chi connectivity index (χ4n) is 2.47. The van der Waals surface area contributed by atoms with Gasteiger partial charge in [-0.3, -0.25) is 4.90 Å². The summed E-state index contributed by atoms with van der Waals surface area (Å²) < 4.78 is 5.41. The summed E-state index contributed by atoms with van der Waals surface area (Å²) in [6.45, 7) is 11.7. The average Bonchev–Trinajstić information content (AvgIpc) is 2.36. The van der Waals surface area contributed by atoms with E-state index in [0.717, 1.165) is 38.6 Å². The van der Waals surface area contributed by atoms with E-state index in [2.05, 4.69) is 25.7 Å². The molecule has 0 radical (unpaired) electrons. The van der Waals surface area contributed by atoms with Gasteiger partial charge in [-0.25, -0.2) is 0 Å². The second-order valence-electron chi connectivity index (χ2n) is 5.15. The zero-order valence-electron chi connectivity index (χ0n) is 11.2. The minimum absolute atomic E-state index is 0.174. The molecule has 1 rings (SSSR count). The molecule has 2 N–H and O–H groups in total. The quantitative estimate of drug-likeness (QED) is 0.754. The highest BCUT2D eigenvalue weighted by molar-refractivity contribution is 4.87. The first-order valence-electron chi connectivity index (χ1n) is 6.69. The van der Waals surface area contributed by atoms with Gasteiger partial charge >= 0.3 is 0 Å². The maximum Gasteiger partial charge on any atom is 0.0469 e. The molecule has 0 spiro atoms. The van der Waals surface area contributed by atoms with Gasteiger partial charge in [0.25, 0.3) is 0 Å². The van der Waals surface area contributed by atoms with Crippen molar-refractivity contribution in [1.82, 2.24) is 4.90 Å². The first kappa shape index (κ1) is 13.9. The van der Waals surface area contributed by atoms with Crippen molar-refractivity contribution in [2.75, 3.05) is 32.8 Å². The van der Waals surface area contributed by atoms with Crippen molar-refractivity contribution in [3.05, 3.63) is 0 Å². The summed E-state index contributed by atoms with van der Waals surface area (Å²) in [6.07, 6.45) is 3.54. The topological polar surface area (TPSA) is 38.5 Å². The van der Waals surface area contributed by atoms with Crippen LogP contribution in [-0.4, -0.2) is 43.3 Å². The third-order valence-electron chi connectivity index (χ3n) is 4.17. The Morgan fingerprint density at radius 3 is 2.38 bits per heavy atom. The van der Waals surface area contributed by atoms with Gasteiger partial charge in [0.15, 0.2) is 0 Å². The SMILES string of the molecule is CCN(CC1CCOCC1)C(C)(CC)CN. The van der Waals surface area contributed by atoms with Crippen molar-refractivity contribution in [2.45, 2.75) is 45.6 Å². The maximum absolute atomic E-state index is 5.93. The van der Waals surface area contributed by atoms with E-state index in [4.69, 9.17) is 10.5 Å². The summed E-state index contributed by atoms with van der Waals surface area (Å²) in [5, 5.41) is 0. The highest BCUT2D eigenvalue weighted by Gasteiger charge is 2.29. The van der Waals surface area contributed by atoms with E-state index in [9.17, 15) is 0 Å². The lowest BCUT2D eigenvalue weighted by molar-refractivity contribution is 0.0290. The van der Waals surface area contributed by atoms with Gasteiger partial charge in [-0.05, 0) is 38.6 Å². The van der Waals surface area contributed by atoms with Crippen LogP contribution in [0.2, 0.25) is 0 Å². The van der Waals surface area contributed by atoms with Gasteiger partial charge < -0.3 is 10.5 Å². The Bertz CT molecular complexity index is 186. The molecular weight excluding hydrogens is 200 g/mol.